The number of nitrogens with two attached hydrogens (primary N) is 1. The smallest absolute Gasteiger partial charge is 0.410 e. The normalized spacial score (nSPS) is 42.8. The Morgan fingerprint density at radius 2 is 1.64 bits per heavy atom. The maximum absolute atomic E-state index is 13.0. The first-order valence-electron chi connectivity index (χ1n) is 14.6. The molecule has 224 valence electrons. The highest BCUT2D eigenvalue weighted by atomic mass is 35.5. The van der Waals surface area contributed by atoms with E-state index in [1.54, 1.807) is 11.9 Å². The van der Waals surface area contributed by atoms with Crippen LogP contribution in [0.25, 0.3) is 0 Å². The van der Waals surface area contributed by atoms with E-state index in [9.17, 15) is 14.4 Å². The third kappa shape index (κ3) is 5.39. The fourth-order valence-corrected chi connectivity index (χ4v) is 9.64. The van der Waals surface area contributed by atoms with E-state index in [1.165, 1.54) is 6.92 Å². The number of carbonyl (C=O) groups excluding carboxylic acids is 3. The summed E-state index contributed by atoms with van der Waals surface area (Å²) < 4.78 is 11.4. The Hall–Kier alpha value is -1.25. The van der Waals surface area contributed by atoms with Crippen molar-refractivity contribution in [2.75, 3.05) is 20.1 Å². The van der Waals surface area contributed by atoms with Crippen LogP contribution >= 0.6 is 24.8 Å². The third-order valence-corrected chi connectivity index (χ3v) is 11.8. The first kappa shape index (κ1) is 32.3. The summed E-state index contributed by atoms with van der Waals surface area (Å²) in [5, 5.41) is 2.90. The molecule has 39 heavy (non-hydrogen) atoms. The molecule has 5 aliphatic rings. The molecule has 4 aliphatic carbocycles. The molecular formula is C29H49Cl2N3O5. The summed E-state index contributed by atoms with van der Waals surface area (Å²) in [4.78, 5) is 38.8. The summed E-state index contributed by atoms with van der Waals surface area (Å²) in [7, 11) is 1.74. The Morgan fingerprint density at radius 1 is 0.897 bits per heavy atom. The number of halogens is 2. The zero-order valence-electron chi connectivity index (χ0n) is 24.0. The lowest BCUT2D eigenvalue weighted by Gasteiger charge is -2.64. The van der Waals surface area contributed by atoms with Crippen molar-refractivity contribution in [1.82, 2.24) is 10.2 Å². The highest BCUT2D eigenvalue weighted by molar-refractivity contribution is 5.85. The van der Waals surface area contributed by atoms with E-state index in [-0.39, 0.29) is 77.3 Å². The molecule has 0 radical (unpaired) electrons. The second-order valence-electron chi connectivity index (χ2n) is 13.3. The Morgan fingerprint density at radius 3 is 2.33 bits per heavy atom. The number of likely N-dealkylation sites (tertiary alicyclic amines) is 1. The molecular weight excluding hydrogens is 541 g/mol. The Balaban J connectivity index is 0.00000210. The fraction of sp³-hybridized carbons (Fsp3) is 0.897. The van der Waals surface area contributed by atoms with Crippen molar-refractivity contribution in [3.63, 3.8) is 0 Å². The molecule has 1 saturated heterocycles. The van der Waals surface area contributed by atoms with Gasteiger partial charge in [0.1, 0.15) is 12.2 Å². The molecule has 4 saturated carbocycles. The Labute approximate surface area is 246 Å². The number of rotatable bonds is 3. The number of nitrogens with zero attached hydrogens (tertiary/aromatic N) is 1. The van der Waals surface area contributed by atoms with Crippen molar-refractivity contribution in [1.29, 1.82) is 0 Å². The van der Waals surface area contributed by atoms with Crippen LogP contribution < -0.4 is 11.1 Å². The number of hydrogen-bond donors (Lipinski definition) is 2. The summed E-state index contributed by atoms with van der Waals surface area (Å²) >= 11 is 0. The predicted octanol–water partition coefficient (Wildman–Crippen LogP) is 4.85. The minimum Gasteiger partial charge on any atom is -0.461 e. The maximum Gasteiger partial charge on any atom is 0.410 e. The van der Waals surface area contributed by atoms with Gasteiger partial charge in [0.25, 0.3) is 0 Å². The molecule has 0 aromatic carbocycles. The highest BCUT2D eigenvalue weighted by Gasteiger charge is 2.67. The van der Waals surface area contributed by atoms with Crippen LogP contribution in [0.2, 0.25) is 0 Å². The van der Waals surface area contributed by atoms with Gasteiger partial charge >= 0.3 is 12.1 Å². The lowest BCUT2D eigenvalue weighted by atomic mass is 9.42. The lowest BCUT2D eigenvalue weighted by Crippen LogP contribution is -2.67. The molecule has 2 amide bonds. The fourth-order valence-electron chi connectivity index (χ4n) is 9.64. The first-order chi connectivity index (χ1) is 17.5. The highest BCUT2D eigenvalue weighted by Crippen LogP contribution is 2.68. The molecule has 3 unspecified atom stereocenters. The van der Waals surface area contributed by atoms with E-state index in [4.69, 9.17) is 15.2 Å². The Bertz CT molecular complexity index is 939. The van der Waals surface area contributed by atoms with Gasteiger partial charge in [-0.2, -0.15) is 0 Å². The molecule has 5 rings (SSSR count). The van der Waals surface area contributed by atoms with Crippen molar-refractivity contribution in [3.05, 3.63) is 0 Å². The number of amides is 2. The molecule has 8 nitrogen and oxygen atoms in total. The lowest BCUT2D eigenvalue weighted by molar-refractivity contribution is -0.149. The van der Waals surface area contributed by atoms with Gasteiger partial charge in [-0.25, -0.2) is 4.79 Å². The largest absolute Gasteiger partial charge is 0.461 e. The molecule has 10 heteroatoms. The van der Waals surface area contributed by atoms with E-state index in [0.29, 0.717) is 30.8 Å². The molecule has 0 spiro atoms. The van der Waals surface area contributed by atoms with Crippen molar-refractivity contribution >= 4 is 42.8 Å². The first-order valence-corrected chi connectivity index (χ1v) is 14.6. The van der Waals surface area contributed by atoms with Crippen molar-refractivity contribution in [2.45, 2.75) is 109 Å². The molecule has 3 N–H and O–H groups in total. The van der Waals surface area contributed by atoms with Gasteiger partial charge in [-0.05, 0) is 99.2 Å². The van der Waals surface area contributed by atoms with Crippen LogP contribution in [-0.4, -0.2) is 60.8 Å². The molecule has 0 bridgehead atoms. The summed E-state index contributed by atoms with van der Waals surface area (Å²) in [6.07, 6.45) is 10.1. The summed E-state index contributed by atoms with van der Waals surface area (Å²) in [5.41, 5.74) is 7.14. The van der Waals surface area contributed by atoms with E-state index >= 15 is 0 Å². The molecule has 1 heterocycles. The van der Waals surface area contributed by atoms with Gasteiger partial charge in [-0.15, -0.1) is 24.8 Å². The van der Waals surface area contributed by atoms with Crippen LogP contribution in [-0.2, 0) is 19.1 Å². The minimum absolute atomic E-state index is 0. The van der Waals surface area contributed by atoms with Gasteiger partial charge in [0.2, 0.25) is 5.91 Å². The maximum atomic E-state index is 13.0. The van der Waals surface area contributed by atoms with Crippen LogP contribution in [0, 0.1) is 34.5 Å². The average molecular weight is 591 g/mol. The summed E-state index contributed by atoms with van der Waals surface area (Å²) in [5.74, 6) is 1.41. The number of esters is 1. The van der Waals surface area contributed by atoms with Crippen LogP contribution in [0.5, 0.6) is 0 Å². The van der Waals surface area contributed by atoms with Crippen LogP contribution in [0.15, 0.2) is 0 Å². The monoisotopic (exact) mass is 589 g/mol. The van der Waals surface area contributed by atoms with Crippen molar-refractivity contribution in [2.24, 2.45) is 40.2 Å². The number of hydrogen-bond acceptors (Lipinski definition) is 6. The van der Waals surface area contributed by atoms with E-state index in [1.807, 2.05) is 0 Å². The van der Waals surface area contributed by atoms with Crippen LogP contribution in [0.3, 0.4) is 0 Å². The van der Waals surface area contributed by atoms with Gasteiger partial charge < -0.3 is 25.4 Å². The summed E-state index contributed by atoms with van der Waals surface area (Å²) in [6.45, 7) is 7.25. The number of carbonyl (C=O) groups is 3. The van der Waals surface area contributed by atoms with E-state index < -0.39 is 0 Å². The number of nitrogens with one attached hydrogen (secondary N) is 1. The second kappa shape index (κ2) is 11.9. The predicted molar refractivity (Wildman–Crippen MR) is 154 cm³/mol. The molecule has 5 fully saturated rings. The van der Waals surface area contributed by atoms with Gasteiger partial charge in [-0.3, -0.25) is 9.59 Å². The standard InChI is InChI=1S/C29H47N3O5.2ClH/c1-18(33)36-21-6-5-15-32(17-21)26(35)37-20-9-12-27(2)19(16-20)7-8-23-22(27)10-13-28(3)24(25(34)31-4)11-14-29(23,28)30;;/h19-24H,5-17,30H2,1-4H3,(H,31,34);2*1H/t19-,20+,21?,22?,23?,24-,27+,28-,29+;;/m1../s1. The number of piperidine rings is 1. The van der Waals surface area contributed by atoms with Gasteiger partial charge in [0.05, 0.1) is 6.54 Å². The quantitative estimate of drug-likeness (QED) is 0.455. The van der Waals surface area contributed by atoms with Crippen molar-refractivity contribution in [3.8, 4) is 0 Å². The minimum atomic E-state index is -0.300. The van der Waals surface area contributed by atoms with Gasteiger partial charge in [-0.1, -0.05) is 13.8 Å². The van der Waals surface area contributed by atoms with E-state index in [0.717, 1.165) is 70.6 Å². The van der Waals surface area contributed by atoms with Gasteiger partial charge in [0.15, 0.2) is 0 Å². The van der Waals surface area contributed by atoms with Crippen LogP contribution in [0.4, 0.5) is 4.79 Å². The van der Waals surface area contributed by atoms with Crippen molar-refractivity contribution < 1.29 is 23.9 Å². The number of fused-ring (bicyclic) bond motifs is 5. The number of ether oxygens (including phenoxy) is 2. The zero-order valence-corrected chi connectivity index (χ0v) is 25.7. The second-order valence-corrected chi connectivity index (χ2v) is 13.3. The Kier molecular flexibility index (Phi) is 9.87. The average Bonchev–Trinajstić information content (AvgIpc) is 3.14. The van der Waals surface area contributed by atoms with Gasteiger partial charge in [0, 0.05) is 32.0 Å². The third-order valence-electron chi connectivity index (χ3n) is 11.8. The van der Waals surface area contributed by atoms with E-state index in [2.05, 4.69) is 19.2 Å². The van der Waals surface area contributed by atoms with Crippen LogP contribution in [0.1, 0.15) is 91.4 Å². The topological polar surface area (TPSA) is 111 Å². The zero-order chi connectivity index (χ0) is 26.6. The molecule has 0 aromatic heterocycles. The molecule has 1 aliphatic heterocycles. The molecule has 9 atom stereocenters. The molecule has 0 aromatic rings. The SMILES string of the molecule is CNC(=O)[C@H]1CC[C@]2(N)C3CC[C@@H]4C[C@@H](OC(=O)N5CCCC(OC(C)=O)C5)CC[C@]4(C)C3CC[C@]12C.Cl.Cl. The summed E-state index contributed by atoms with van der Waals surface area (Å²) in [6, 6.07) is 0.